The van der Waals surface area contributed by atoms with E-state index in [1.807, 2.05) is 0 Å². The fourth-order valence-corrected chi connectivity index (χ4v) is 3.89. The van der Waals surface area contributed by atoms with Crippen molar-refractivity contribution in [3.8, 4) is 0 Å². The lowest BCUT2D eigenvalue weighted by atomic mass is 10.1. The molecule has 3 N–H and O–H groups in total. The Labute approximate surface area is 146 Å². The molecule has 3 rings (SSSR count). The number of rotatable bonds is 4. The molecule has 25 heavy (non-hydrogen) atoms. The summed E-state index contributed by atoms with van der Waals surface area (Å²) in [6.07, 6.45) is -1.75. The Kier molecular flexibility index (Phi) is 5.16. The van der Waals surface area contributed by atoms with Gasteiger partial charge < -0.3 is 15.5 Å². The van der Waals surface area contributed by atoms with Crippen LogP contribution >= 0.6 is 11.8 Å². The molecule has 0 radical (unpaired) electrons. The van der Waals surface area contributed by atoms with Gasteiger partial charge in [-0.05, 0) is 18.2 Å². The number of amides is 1. The summed E-state index contributed by atoms with van der Waals surface area (Å²) < 4.78 is 15.2. The van der Waals surface area contributed by atoms with Crippen molar-refractivity contribution in [3.63, 3.8) is 0 Å². The maximum atomic E-state index is 14.2. The van der Waals surface area contributed by atoms with Gasteiger partial charge in [-0.3, -0.25) is 9.36 Å². The van der Waals surface area contributed by atoms with E-state index in [-0.39, 0.29) is 5.82 Å². The van der Waals surface area contributed by atoms with E-state index in [0.29, 0.717) is 5.56 Å². The predicted octanol–water partition coefficient (Wildman–Crippen LogP) is 0.801. The van der Waals surface area contributed by atoms with Crippen molar-refractivity contribution in [1.29, 1.82) is 0 Å². The normalized spacial score (nSPS) is 25.7. The van der Waals surface area contributed by atoms with Gasteiger partial charge in [0.2, 0.25) is 0 Å². The van der Waals surface area contributed by atoms with Crippen LogP contribution in [-0.4, -0.2) is 49.8 Å². The summed E-state index contributed by atoms with van der Waals surface area (Å²) in [4.78, 5) is 28.0. The van der Waals surface area contributed by atoms with Gasteiger partial charge in [-0.15, -0.1) is 11.8 Å². The van der Waals surface area contributed by atoms with E-state index in [1.54, 1.807) is 30.3 Å². The number of alkyl halides is 1. The smallest absolute Gasteiger partial charge is 0.350 e. The van der Waals surface area contributed by atoms with Crippen molar-refractivity contribution < 1.29 is 19.4 Å². The first-order valence-electron chi connectivity index (χ1n) is 7.55. The number of carbonyl (C=O) groups is 1. The molecule has 132 valence electrons. The Bertz CT molecular complexity index is 817. The third-order valence-corrected chi connectivity index (χ3v) is 5.40. The lowest BCUT2D eigenvalue weighted by Gasteiger charge is -2.16. The second kappa shape index (κ2) is 7.34. The minimum atomic E-state index is -1.70. The van der Waals surface area contributed by atoms with E-state index in [1.165, 1.54) is 12.3 Å². The standard InChI is InChI=1S/C16H16FN3O4S/c17-12-13(22)10(8-21)25-15(12)20-7-6-11(19-16(20)24)18-14(23)9-4-2-1-3-5-9/h1-7,10,12-13,15,21-22H,8H2,(H,18,19,23,24)/t10-,12+,13-,15-/m1/s1. The van der Waals surface area contributed by atoms with Gasteiger partial charge in [-0.2, -0.15) is 4.98 Å². The van der Waals surface area contributed by atoms with E-state index < -0.39 is 41.1 Å². The van der Waals surface area contributed by atoms with Gasteiger partial charge in [0.25, 0.3) is 5.91 Å². The van der Waals surface area contributed by atoms with Crippen LogP contribution < -0.4 is 11.0 Å². The number of carbonyl (C=O) groups excluding carboxylic acids is 1. The Balaban J connectivity index is 1.78. The Morgan fingerprint density at radius 2 is 2.04 bits per heavy atom. The van der Waals surface area contributed by atoms with Crippen molar-refractivity contribution in [1.82, 2.24) is 9.55 Å². The van der Waals surface area contributed by atoms with Gasteiger partial charge in [0, 0.05) is 11.8 Å². The fourth-order valence-electron chi connectivity index (χ4n) is 2.53. The van der Waals surface area contributed by atoms with Crippen LogP contribution in [0.25, 0.3) is 0 Å². The zero-order chi connectivity index (χ0) is 18.0. The second-order valence-electron chi connectivity index (χ2n) is 5.51. The number of aliphatic hydroxyl groups is 2. The van der Waals surface area contributed by atoms with Gasteiger partial charge in [-0.25, -0.2) is 9.18 Å². The summed E-state index contributed by atoms with van der Waals surface area (Å²) in [5.41, 5.74) is -0.339. The molecule has 1 aliphatic heterocycles. The number of thioether (sulfide) groups is 1. The summed E-state index contributed by atoms with van der Waals surface area (Å²) in [5, 5.41) is 19.7. The molecule has 0 saturated carbocycles. The molecule has 0 aliphatic carbocycles. The van der Waals surface area contributed by atoms with E-state index in [2.05, 4.69) is 10.3 Å². The Morgan fingerprint density at radius 3 is 2.64 bits per heavy atom. The van der Waals surface area contributed by atoms with Crippen LogP contribution in [0.2, 0.25) is 0 Å². The van der Waals surface area contributed by atoms with Crippen LogP contribution in [0.5, 0.6) is 0 Å². The van der Waals surface area contributed by atoms with Crippen LogP contribution in [0.4, 0.5) is 10.2 Å². The molecule has 0 unspecified atom stereocenters. The molecule has 1 amide bonds. The quantitative estimate of drug-likeness (QED) is 0.740. The number of benzene rings is 1. The molecular formula is C16H16FN3O4S. The monoisotopic (exact) mass is 365 g/mol. The van der Waals surface area contributed by atoms with Crippen LogP contribution in [0.3, 0.4) is 0 Å². The molecule has 2 aromatic rings. The zero-order valence-corrected chi connectivity index (χ0v) is 13.8. The van der Waals surface area contributed by atoms with Crippen molar-refractivity contribution in [2.45, 2.75) is 22.9 Å². The lowest BCUT2D eigenvalue weighted by molar-refractivity contribution is 0.0631. The number of nitrogens with one attached hydrogen (secondary N) is 1. The summed E-state index contributed by atoms with van der Waals surface area (Å²) in [6, 6.07) is 9.82. The van der Waals surface area contributed by atoms with Crippen LogP contribution in [-0.2, 0) is 0 Å². The van der Waals surface area contributed by atoms with Crippen molar-refractivity contribution in [2.75, 3.05) is 11.9 Å². The van der Waals surface area contributed by atoms with E-state index in [4.69, 9.17) is 5.11 Å². The minimum absolute atomic E-state index is 0.0489. The molecule has 1 fully saturated rings. The molecular weight excluding hydrogens is 349 g/mol. The maximum Gasteiger partial charge on any atom is 0.350 e. The molecule has 1 aliphatic rings. The molecule has 9 heteroatoms. The number of aliphatic hydroxyl groups excluding tert-OH is 2. The largest absolute Gasteiger partial charge is 0.395 e. The molecule has 1 aromatic heterocycles. The van der Waals surface area contributed by atoms with Gasteiger partial charge in [0.05, 0.1) is 11.9 Å². The van der Waals surface area contributed by atoms with Gasteiger partial charge in [0.15, 0.2) is 6.17 Å². The number of nitrogens with zero attached hydrogens (tertiary/aromatic N) is 2. The van der Waals surface area contributed by atoms with Crippen molar-refractivity contribution >= 4 is 23.5 Å². The minimum Gasteiger partial charge on any atom is -0.395 e. The highest BCUT2D eigenvalue weighted by Crippen LogP contribution is 2.42. The first-order chi connectivity index (χ1) is 12.0. The highest BCUT2D eigenvalue weighted by atomic mass is 32.2. The summed E-state index contributed by atoms with van der Waals surface area (Å²) in [5.74, 6) is -0.368. The summed E-state index contributed by atoms with van der Waals surface area (Å²) in [7, 11) is 0. The third-order valence-electron chi connectivity index (χ3n) is 3.86. The number of hydrogen-bond donors (Lipinski definition) is 3. The third kappa shape index (κ3) is 3.58. The molecule has 1 aromatic carbocycles. The highest BCUT2D eigenvalue weighted by molar-refractivity contribution is 8.00. The molecule has 1 saturated heterocycles. The number of hydrogen-bond acceptors (Lipinski definition) is 6. The lowest BCUT2D eigenvalue weighted by Crippen LogP contribution is -2.33. The van der Waals surface area contributed by atoms with Crippen LogP contribution in [0, 0.1) is 0 Å². The second-order valence-corrected chi connectivity index (χ2v) is 6.87. The Morgan fingerprint density at radius 1 is 1.32 bits per heavy atom. The molecule has 2 heterocycles. The molecule has 4 atom stereocenters. The highest BCUT2D eigenvalue weighted by Gasteiger charge is 2.44. The van der Waals surface area contributed by atoms with E-state index >= 15 is 0 Å². The SMILES string of the molecule is O=C(Nc1ccn([C@@H]2S[C@H](CO)[C@@H](O)[C@@H]2F)c(=O)n1)c1ccccc1. The van der Waals surface area contributed by atoms with E-state index in [0.717, 1.165) is 16.3 Å². The zero-order valence-electron chi connectivity index (χ0n) is 12.9. The number of aromatic nitrogens is 2. The molecule has 0 spiro atoms. The van der Waals surface area contributed by atoms with Crippen molar-refractivity contribution in [2.24, 2.45) is 0 Å². The topological polar surface area (TPSA) is 104 Å². The average Bonchev–Trinajstić information content (AvgIpc) is 2.91. The van der Waals surface area contributed by atoms with Crippen LogP contribution in [0.15, 0.2) is 47.4 Å². The van der Waals surface area contributed by atoms with Crippen molar-refractivity contribution in [3.05, 3.63) is 58.6 Å². The van der Waals surface area contributed by atoms with Gasteiger partial charge in [-0.1, -0.05) is 18.2 Å². The number of halogens is 1. The predicted molar refractivity (Wildman–Crippen MR) is 91.3 cm³/mol. The first-order valence-corrected chi connectivity index (χ1v) is 8.49. The number of anilines is 1. The van der Waals surface area contributed by atoms with Gasteiger partial charge in [0.1, 0.15) is 17.3 Å². The average molecular weight is 365 g/mol. The first kappa shape index (κ1) is 17.6. The van der Waals surface area contributed by atoms with E-state index in [9.17, 15) is 19.1 Å². The molecule has 0 bridgehead atoms. The van der Waals surface area contributed by atoms with Crippen LogP contribution in [0.1, 0.15) is 15.7 Å². The van der Waals surface area contributed by atoms with Gasteiger partial charge >= 0.3 is 5.69 Å². The fraction of sp³-hybridized carbons (Fsp3) is 0.312. The maximum absolute atomic E-state index is 14.2. The summed E-state index contributed by atoms with van der Waals surface area (Å²) in [6.45, 7) is -0.393. The summed E-state index contributed by atoms with van der Waals surface area (Å²) >= 11 is 0.971. The molecule has 7 nitrogen and oxygen atoms in total. The Hall–Kier alpha value is -2.23.